The van der Waals surface area contributed by atoms with Gasteiger partial charge in [-0.15, -0.1) is 0 Å². The van der Waals surface area contributed by atoms with E-state index in [1.54, 1.807) is 12.3 Å². The van der Waals surface area contributed by atoms with Crippen LogP contribution >= 0.6 is 0 Å². The van der Waals surface area contributed by atoms with Crippen LogP contribution in [0.5, 0.6) is 0 Å². The lowest BCUT2D eigenvalue weighted by Crippen LogP contribution is -2.43. The molecule has 2 saturated heterocycles. The quantitative estimate of drug-likeness (QED) is 0.771. The van der Waals surface area contributed by atoms with Gasteiger partial charge in [0.25, 0.3) is 5.56 Å². The molecule has 7 heteroatoms. The molecule has 0 radical (unpaired) electrons. The molecule has 2 fully saturated rings. The van der Waals surface area contributed by atoms with Crippen molar-refractivity contribution >= 4 is 5.69 Å². The summed E-state index contributed by atoms with van der Waals surface area (Å²) in [5.74, 6) is 0. The van der Waals surface area contributed by atoms with Crippen molar-refractivity contribution in [3.63, 3.8) is 0 Å². The van der Waals surface area contributed by atoms with Crippen molar-refractivity contribution in [3.8, 4) is 0 Å². The maximum atomic E-state index is 12.1. The van der Waals surface area contributed by atoms with Gasteiger partial charge < -0.3 is 19.7 Å². The fourth-order valence-corrected chi connectivity index (χ4v) is 2.49. The van der Waals surface area contributed by atoms with Crippen molar-refractivity contribution in [1.29, 1.82) is 0 Å². The normalized spacial score (nSPS) is 23.8. The van der Waals surface area contributed by atoms with Crippen molar-refractivity contribution in [3.05, 3.63) is 22.6 Å². The van der Waals surface area contributed by atoms with Gasteiger partial charge in [0.05, 0.1) is 44.4 Å². The van der Waals surface area contributed by atoms with Gasteiger partial charge in [0.2, 0.25) is 0 Å². The predicted octanol–water partition coefficient (Wildman–Crippen LogP) is -0.932. The molecule has 3 rings (SSSR count). The molecule has 0 spiro atoms. The molecule has 1 N–H and O–H groups in total. The van der Waals surface area contributed by atoms with Crippen LogP contribution in [0.3, 0.4) is 0 Å². The SMILES string of the molecule is O=c1cc(N2CCOCC2)cnn1CC1CNCCO1. The Morgan fingerprint density at radius 2 is 2.20 bits per heavy atom. The third-order valence-electron chi connectivity index (χ3n) is 3.61. The molecule has 1 unspecified atom stereocenters. The van der Waals surface area contributed by atoms with Crippen molar-refractivity contribution in [2.24, 2.45) is 0 Å². The molecule has 1 atom stereocenters. The van der Waals surface area contributed by atoms with Gasteiger partial charge in [-0.2, -0.15) is 5.10 Å². The minimum atomic E-state index is -0.0804. The number of hydrogen-bond donors (Lipinski definition) is 1. The van der Waals surface area contributed by atoms with Gasteiger partial charge in [-0.3, -0.25) is 4.79 Å². The number of aromatic nitrogens is 2. The second-order valence-corrected chi connectivity index (χ2v) is 5.03. The fourth-order valence-electron chi connectivity index (χ4n) is 2.49. The molecule has 3 heterocycles. The number of morpholine rings is 2. The van der Waals surface area contributed by atoms with E-state index in [0.717, 1.165) is 31.9 Å². The van der Waals surface area contributed by atoms with E-state index >= 15 is 0 Å². The van der Waals surface area contributed by atoms with Crippen LogP contribution in [0, 0.1) is 0 Å². The molecule has 1 aromatic heterocycles. The number of ether oxygens (including phenoxy) is 2. The van der Waals surface area contributed by atoms with E-state index in [4.69, 9.17) is 9.47 Å². The zero-order chi connectivity index (χ0) is 13.8. The Bertz CT molecular complexity index is 493. The molecule has 2 aliphatic heterocycles. The van der Waals surface area contributed by atoms with E-state index in [-0.39, 0.29) is 11.7 Å². The van der Waals surface area contributed by atoms with Crippen LogP contribution < -0.4 is 15.8 Å². The van der Waals surface area contributed by atoms with Crippen LogP contribution in [0.1, 0.15) is 0 Å². The summed E-state index contributed by atoms with van der Waals surface area (Å²) in [6.07, 6.45) is 1.77. The Hall–Kier alpha value is -1.44. The molecule has 0 bridgehead atoms. The number of anilines is 1. The summed E-state index contributed by atoms with van der Waals surface area (Å²) in [5.41, 5.74) is 0.792. The summed E-state index contributed by atoms with van der Waals surface area (Å²) in [6.45, 7) is 5.82. The first-order valence-electron chi connectivity index (χ1n) is 7.05. The highest BCUT2D eigenvalue weighted by molar-refractivity contribution is 5.43. The zero-order valence-electron chi connectivity index (χ0n) is 11.5. The lowest BCUT2D eigenvalue weighted by molar-refractivity contribution is 0.0152. The molecular formula is C13H20N4O3. The maximum Gasteiger partial charge on any atom is 0.268 e. The van der Waals surface area contributed by atoms with Crippen LogP contribution in [0.4, 0.5) is 5.69 Å². The van der Waals surface area contributed by atoms with E-state index in [1.807, 2.05) is 0 Å². The van der Waals surface area contributed by atoms with Crippen molar-refractivity contribution in [2.75, 3.05) is 50.9 Å². The van der Waals surface area contributed by atoms with Crippen LogP contribution in [0.25, 0.3) is 0 Å². The summed E-state index contributed by atoms with van der Waals surface area (Å²) in [6, 6.07) is 1.65. The lowest BCUT2D eigenvalue weighted by atomic mass is 10.3. The molecule has 0 amide bonds. The standard InChI is InChI=1S/C13H20N4O3/c18-13-7-11(16-2-5-19-6-3-16)8-15-17(13)10-12-9-14-1-4-20-12/h7-8,12,14H,1-6,9-10H2. The summed E-state index contributed by atoms with van der Waals surface area (Å²) < 4.78 is 12.4. The second-order valence-electron chi connectivity index (χ2n) is 5.03. The third kappa shape index (κ3) is 3.17. The van der Waals surface area contributed by atoms with Crippen molar-refractivity contribution in [1.82, 2.24) is 15.1 Å². The predicted molar refractivity (Wildman–Crippen MR) is 74.1 cm³/mol. The second kappa shape index (κ2) is 6.34. The van der Waals surface area contributed by atoms with Gasteiger partial charge in [0.15, 0.2) is 0 Å². The molecule has 0 aliphatic carbocycles. The first kappa shape index (κ1) is 13.5. The van der Waals surface area contributed by atoms with Crippen LogP contribution in [-0.2, 0) is 16.0 Å². The molecule has 2 aliphatic rings. The van der Waals surface area contributed by atoms with Gasteiger partial charge in [0.1, 0.15) is 0 Å². The number of nitrogens with zero attached hydrogens (tertiary/aromatic N) is 3. The third-order valence-corrected chi connectivity index (χ3v) is 3.61. The highest BCUT2D eigenvalue weighted by Crippen LogP contribution is 2.11. The van der Waals surface area contributed by atoms with Crippen LogP contribution in [-0.4, -0.2) is 61.9 Å². The van der Waals surface area contributed by atoms with E-state index in [1.165, 1.54) is 4.68 Å². The Labute approximate surface area is 117 Å². The summed E-state index contributed by atoms with van der Waals surface area (Å²) in [5, 5.41) is 7.51. The van der Waals surface area contributed by atoms with Crippen LogP contribution in [0.2, 0.25) is 0 Å². The molecule has 7 nitrogen and oxygen atoms in total. The lowest BCUT2D eigenvalue weighted by Gasteiger charge is -2.28. The molecule has 1 aromatic rings. The van der Waals surface area contributed by atoms with Crippen molar-refractivity contribution < 1.29 is 9.47 Å². The Morgan fingerprint density at radius 1 is 1.35 bits per heavy atom. The fraction of sp³-hybridized carbons (Fsp3) is 0.692. The van der Waals surface area contributed by atoms with Crippen molar-refractivity contribution in [2.45, 2.75) is 12.6 Å². The van der Waals surface area contributed by atoms with E-state index in [0.29, 0.717) is 26.4 Å². The van der Waals surface area contributed by atoms with Gasteiger partial charge in [0, 0.05) is 32.2 Å². The zero-order valence-corrected chi connectivity index (χ0v) is 11.5. The first-order chi connectivity index (χ1) is 9.83. The number of rotatable bonds is 3. The van der Waals surface area contributed by atoms with Crippen LogP contribution in [0.15, 0.2) is 17.1 Å². The summed E-state index contributed by atoms with van der Waals surface area (Å²) in [7, 11) is 0. The van der Waals surface area contributed by atoms with Gasteiger partial charge in [-0.1, -0.05) is 0 Å². The maximum absolute atomic E-state index is 12.1. The number of nitrogens with one attached hydrogen (secondary N) is 1. The average Bonchev–Trinajstić information content (AvgIpc) is 2.51. The molecule has 20 heavy (non-hydrogen) atoms. The minimum Gasteiger partial charge on any atom is -0.378 e. The molecular weight excluding hydrogens is 260 g/mol. The number of hydrogen-bond acceptors (Lipinski definition) is 6. The van der Waals surface area contributed by atoms with Gasteiger partial charge in [-0.05, 0) is 0 Å². The monoisotopic (exact) mass is 280 g/mol. The Morgan fingerprint density at radius 3 is 2.90 bits per heavy atom. The first-order valence-corrected chi connectivity index (χ1v) is 7.05. The summed E-state index contributed by atoms with van der Waals surface area (Å²) >= 11 is 0. The van der Waals surface area contributed by atoms with E-state index < -0.39 is 0 Å². The molecule has 0 saturated carbocycles. The minimum absolute atomic E-state index is 0.0168. The largest absolute Gasteiger partial charge is 0.378 e. The highest BCUT2D eigenvalue weighted by atomic mass is 16.5. The van der Waals surface area contributed by atoms with E-state index in [9.17, 15) is 4.79 Å². The molecule has 110 valence electrons. The van der Waals surface area contributed by atoms with E-state index in [2.05, 4.69) is 15.3 Å². The molecule has 0 aromatic carbocycles. The highest BCUT2D eigenvalue weighted by Gasteiger charge is 2.16. The Kier molecular flexibility index (Phi) is 4.29. The average molecular weight is 280 g/mol. The smallest absolute Gasteiger partial charge is 0.268 e. The topological polar surface area (TPSA) is 68.6 Å². The van der Waals surface area contributed by atoms with Gasteiger partial charge in [-0.25, -0.2) is 4.68 Å². The Balaban J connectivity index is 1.68. The summed E-state index contributed by atoms with van der Waals surface area (Å²) in [4.78, 5) is 14.2. The van der Waals surface area contributed by atoms with Gasteiger partial charge >= 0.3 is 0 Å².